The molecule has 3 N–H and O–H groups in total. The van der Waals surface area contributed by atoms with Gasteiger partial charge >= 0.3 is 0 Å². The predicted octanol–water partition coefficient (Wildman–Crippen LogP) is 3.84. The Morgan fingerprint density at radius 1 is 1.13 bits per heavy atom. The van der Waals surface area contributed by atoms with E-state index in [-0.39, 0.29) is 17.5 Å². The van der Waals surface area contributed by atoms with Gasteiger partial charge in [-0.2, -0.15) is 0 Å². The van der Waals surface area contributed by atoms with Crippen molar-refractivity contribution in [2.45, 2.75) is 18.9 Å². The number of phenols is 2. The van der Waals surface area contributed by atoms with Crippen molar-refractivity contribution in [1.29, 1.82) is 0 Å². The number of aromatic hydroxyl groups is 2. The molecule has 0 aliphatic carbocycles. The second-order valence-corrected chi connectivity index (χ2v) is 6.41. The molecule has 6 heteroatoms. The van der Waals surface area contributed by atoms with Gasteiger partial charge in [0.25, 0.3) is 0 Å². The summed E-state index contributed by atoms with van der Waals surface area (Å²) in [4.78, 5) is 0. The van der Waals surface area contributed by atoms with Crippen LogP contribution >= 0.6 is 23.2 Å². The molecule has 1 heterocycles. The maximum atomic E-state index is 9.78. The second-order valence-electron chi connectivity index (χ2n) is 5.59. The van der Waals surface area contributed by atoms with E-state index in [0.717, 1.165) is 29.7 Å². The van der Waals surface area contributed by atoms with E-state index in [4.69, 9.17) is 27.9 Å². The molecule has 1 aliphatic heterocycles. The predicted molar refractivity (Wildman–Crippen MR) is 90.9 cm³/mol. The fourth-order valence-corrected chi connectivity index (χ4v) is 3.70. The van der Waals surface area contributed by atoms with Gasteiger partial charge in [-0.1, -0.05) is 23.2 Å². The van der Waals surface area contributed by atoms with Gasteiger partial charge in [-0.25, -0.2) is 0 Å². The molecule has 4 nitrogen and oxygen atoms in total. The van der Waals surface area contributed by atoms with Crippen LogP contribution in [-0.2, 0) is 12.8 Å². The summed E-state index contributed by atoms with van der Waals surface area (Å²) in [5.74, 6) is 0.278. The number of methoxy groups -OCH3 is 1. The number of ether oxygens (including phenoxy) is 1. The molecule has 0 aromatic heterocycles. The van der Waals surface area contributed by atoms with E-state index < -0.39 is 0 Å². The fourth-order valence-electron chi connectivity index (χ4n) is 3.01. The van der Waals surface area contributed by atoms with Gasteiger partial charge in [0.15, 0.2) is 17.2 Å². The Kier molecular flexibility index (Phi) is 4.57. The van der Waals surface area contributed by atoms with Crippen LogP contribution in [0.25, 0.3) is 0 Å². The zero-order valence-corrected chi connectivity index (χ0v) is 14.1. The van der Waals surface area contributed by atoms with Crippen LogP contribution in [-0.4, -0.2) is 23.9 Å². The number of fused-ring (bicyclic) bond motifs is 1. The Bertz CT molecular complexity index is 726. The molecular formula is C17H17Cl2NO3. The first kappa shape index (κ1) is 16.2. The monoisotopic (exact) mass is 353 g/mol. The number of hydrogen-bond donors (Lipinski definition) is 3. The van der Waals surface area contributed by atoms with Crippen LogP contribution in [0.2, 0.25) is 10.0 Å². The maximum Gasteiger partial charge on any atom is 0.157 e. The van der Waals surface area contributed by atoms with Crippen molar-refractivity contribution < 1.29 is 14.9 Å². The van der Waals surface area contributed by atoms with Gasteiger partial charge in [0.1, 0.15) is 0 Å². The van der Waals surface area contributed by atoms with E-state index in [1.807, 2.05) is 12.1 Å². The zero-order chi connectivity index (χ0) is 16.6. The summed E-state index contributed by atoms with van der Waals surface area (Å²) in [6.45, 7) is 0.805. The molecule has 1 atom stereocenters. The van der Waals surface area contributed by atoms with Gasteiger partial charge in [-0.3, -0.25) is 0 Å². The largest absolute Gasteiger partial charge is 0.504 e. The van der Waals surface area contributed by atoms with Crippen LogP contribution in [0.3, 0.4) is 0 Å². The molecular weight excluding hydrogens is 337 g/mol. The molecule has 0 fully saturated rings. The van der Waals surface area contributed by atoms with Crippen LogP contribution in [0.1, 0.15) is 22.7 Å². The number of phenolic OH excluding ortho intramolecular Hbond substituents is 2. The van der Waals surface area contributed by atoms with Crippen molar-refractivity contribution in [2.24, 2.45) is 0 Å². The number of nitrogens with one attached hydrogen (secondary N) is 1. The lowest BCUT2D eigenvalue weighted by molar-refractivity contribution is 0.398. The minimum Gasteiger partial charge on any atom is -0.504 e. The Labute approximate surface area is 144 Å². The highest BCUT2D eigenvalue weighted by molar-refractivity contribution is 6.37. The van der Waals surface area contributed by atoms with E-state index in [1.165, 1.54) is 7.11 Å². The lowest BCUT2D eigenvalue weighted by atomic mass is 9.90. The molecule has 0 saturated carbocycles. The zero-order valence-electron chi connectivity index (χ0n) is 12.6. The molecule has 2 aromatic carbocycles. The van der Waals surface area contributed by atoms with E-state index in [0.29, 0.717) is 22.2 Å². The lowest BCUT2D eigenvalue weighted by Crippen LogP contribution is -2.31. The van der Waals surface area contributed by atoms with Crippen molar-refractivity contribution >= 4 is 23.2 Å². The van der Waals surface area contributed by atoms with Crippen molar-refractivity contribution in [3.05, 3.63) is 51.0 Å². The average Bonchev–Trinajstić information content (AvgIpc) is 2.49. The third kappa shape index (κ3) is 3.20. The summed E-state index contributed by atoms with van der Waals surface area (Å²) in [6.07, 6.45) is 1.48. The minimum atomic E-state index is -0.108. The third-order valence-electron chi connectivity index (χ3n) is 4.10. The van der Waals surface area contributed by atoms with Gasteiger partial charge in [0, 0.05) is 6.04 Å². The molecule has 2 aromatic rings. The van der Waals surface area contributed by atoms with Crippen molar-refractivity contribution in [3.8, 4) is 17.2 Å². The van der Waals surface area contributed by atoms with Crippen LogP contribution in [0.5, 0.6) is 17.2 Å². The number of halogens is 2. The van der Waals surface area contributed by atoms with Crippen molar-refractivity contribution in [1.82, 2.24) is 5.32 Å². The molecule has 0 bridgehead atoms. The van der Waals surface area contributed by atoms with E-state index in [9.17, 15) is 10.2 Å². The summed E-state index contributed by atoms with van der Waals surface area (Å²) in [6, 6.07) is 6.94. The number of hydrogen-bond acceptors (Lipinski definition) is 4. The maximum absolute atomic E-state index is 9.78. The molecule has 0 spiro atoms. The molecule has 3 rings (SSSR count). The van der Waals surface area contributed by atoms with Crippen LogP contribution in [0, 0.1) is 0 Å². The summed E-state index contributed by atoms with van der Waals surface area (Å²) >= 11 is 12.4. The molecule has 0 unspecified atom stereocenters. The summed E-state index contributed by atoms with van der Waals surface area (Å²) in [5, 5.41) is 23.8. The van der Waals surface area contributed by atoms with Crippen molar-refractivity contribution in [2.75, 3.05) is 13.7 Å². The minimum absolute atomic E-state index is 0.0192. The Balaban J connectivity index is 1.92. The third-order valence-corrected chi connectivity index (χ3v) is 4.66. The Morgan fingerprint density at radius 3 is 2.43 bits per heavy atom. The first-order chi connectivity index (χ1) is 11.0. The highest BCUT2D eigenvalue weighted by atomic mass is 35.5. The first-order valence-corrected chi connectivity index (χ1v) is 8.05. The SMILES string of the molecule is COc1c(Cl)cc(C[C@@H]2NCCc3cc(O)c(O)cc32)cc1Cl. The molecule has 23 heavy (non-hydrogen) atoms. The molecule has 0 saturated heterocycles. The smallest absolute Gasteiger partial charge is 0.157 e. The highest BCUT2D eigenvalue weighted by Crippen LogP contribution is 2.37. The van der Waals surface area contributed by atoms with Gasteiger partial charge in [0.05, 0.1) is 17.2 Å². The van der Waals surface area contributed by atoms with Crippen LogP contribution in [0.4, 0.5) is 0 Å². The first-order valence-electron chi connectivity index (χ1n) is 7.29. The second kappa shape index (κ2) is 6.48. The van der Waals surface area contributed by atoms with E-state index >= 15 is 0 Å². The highest BCUT2D eigenvalue weighted by Gasteiger charge is 2.22. The van der Waals surface area contributed by atoms with E-state index in [2.05, 4.69) is 5.32 Å². The van der Waals surface area contributed by atoms with Gasteiger partial charge in [0.2, 0.25) is 0 Å². The summed E-state index contributed by atoms with van der Waals surface area (Å²) in [5.41, 5.74) is 2.99. The quantitative estimate of drug-likeness (QED) is 0.733. The van der Waals surface area contributed by atoms with Crippen LogP contribution < -0.4 is 10.1 Å². The van der Waals surface area contributed by atoms with Crippen molar-refractivity contribution in [3.63, 3.8) is 0 Å². The topological polar surface area (TPSA) is 61.7 Å². The Morgan fingerprint density at radius 2 is 1.78 bits per heavy atom. The molecule has 0 amide bonds. The van der Waals surface area contributed by atoms with Crippen LogP contribution in [0.15, 0.2) is 24.3 Å². The van der Waals surface area contributed by atoms with E-state index in [1.54, 1.807) is 12.1 Å². The molecule has 1 aliphatic rings. The fraction of sp³-hybridized carbons (Fsp3) is 0.294. The summed E-state index contributed by atoms with van der Waals surface area (Å²) < 4.78 is 5.17. The lowest BCUT2D eigenvalue weighted by Gasteiger charge is -2.27. The standard InChI is InChI=1S/C17H17Cl2NO3/c1-23-17-12(18)4-9(5-13(17)19)6-14-11-8-16(22)15(21)7-10(11)2-3-20-14/h4-5,7-8,14,20-22H,2-3,6H2,1H3/t14-/m0/s1. The number of benzene rings is 2. The van der Waals surface area contributed by atoms with Gasteiger partial charge < -0.3 is 20.3 Å². The molecule has 122 valence electrons. The normalized spacial score (nSPS) is 16.9. The van der Waals surface area contributed by atoms with Gasteiger partial charge in [-0.15, -0.1) is 0 Å². The number of rotatable bonds is 3. The summed E-state index contributed by atoms with van der Waals surface area (Å²) in [7, 11) is 1.53. The van der Waals surface area contributed by atoms with Gasteiger partial charge in [-0.05, 0) is 60.3 Å². The average molecular weight is 354 g/mol. The Hall–Kier alpha value is -1.62. The molecule has 0 radical (unpaired) electrons.